The fourth-order valence-electron chi connectivity index (χ4n) is 6.87. The Morgan fingerprint density at radius 3 is 1.30 bits per heavy atom. The average molecular weight is 741 g/mol. The second-order valence-electron chi connectivity index (χ2n) is 13.4. The predicted molar refractivity (Wildman–Crippen MR) is 212 cm³/mol. The Morgan fingerprint density at radius 1 is 0.556 bits per heavy atom. The van der Waals surface area contributed by atoms with Gasteiger partial charge >= 0.3 is 6.03 Å². The number of carbonyl (C=O) groups is 1. The molecule has 0 bridgehead atoms. The number of nitrogens with zero attached hydrogens (tertiary/aromatic N) is 4. The third-order valence-electron chi connectivity index (χ3n) is 9.67. The van der Waals surface area contributed by atoms with Crippen molar-refractivity contribution in [2.75, 3.05) is 113 Å². The minimum atomic E-state index is -0.716. The van der Waals surface area contributed by atoms with Crippen molar-refractivity contribution in [2.45, 2.75) is 12.2 Å². The van der Waals surface area contributed by atoms with E-state index in [2.05, 4.69) is 42.4 Å². The van der Waals surface area contributed by atoms with Crippen molar-refractivity contribution in [3.8, 4) is 23.0 Å². The van der Waals surface area contributed by atoms with Gasteiger partial charge in [0, 0.05) is 65.4 Å². The number of aliphatic hydroxyl groups excluding tert-OH is 2. The number of ether oxygens (including phenoxy) is 4. The first kappa shape index (κ1) is 38.5. The van der Waals surface area contributed by atoms with Gasteiger partial charge in [-0.3, -0.25) is 9.80 Å². The molecule has 0 saturated carbocycles. The van der Waals surface area contributed by atoms with Crippen molar-refractivity contribution in [3.63, 3.8) is 0 Å². The SMILES string of the molecule is COc1ccccc1N1CCN(CC(O)COc2ccccc2NC(=O)Nc2ccccc2OCC(O)CN2CCN(c3ccccc3OC)CC2)CC1. The molecule has 4 N–H and O–H groups in total. The number of rotatable bonds is 16. The molecule has 4 aromatic carbocycles. The maximum atomic E-state index is 13.2. The van der Waals surface area contributed by atoms with Gasteiger partial charge in [-0.15, -0.1) is 0 Å². The Labute approximate surface area is 317 Å². The quantitative estimate of drug-likeness (QED) is 0.130. The molecule has 2 amide bonds. The minimum Gasteiger partial charge on any atom is -0.495 e. The van der Waals surface area contributed by atoms with Crippen LogP contribution in [0.3, 0.4) is 0 Å². The molecule has 4 aromatic rings. The number of para-hydroxylation sites is 8. The average Bonchev–Trinajstić information content (AvgIpc) is 3.20. The summed E-state index contributed by atoms with van der Waals surface area (Å²) in [6.07, 6.45) is -1.43. The Balaban J connectivity index is 0.931. The van der Waals surface area contributed by atoms with Gasteiger partial charge in [0.05, 0.1) is 37.0 Å². The number of hydrogen-bond acceptors (Lipinski definition) is 11. The topological polar surface area (TPSA) is 131 Å². The van der Waals surface area contributed by atoms with Crippen molar-refractivity contribution in [3.05, 3.63) is 97.1 Å². The van der Waals surface area contributed by atoms with E-state index in [0.29, 0.717) is 36.0 Å². The lowest BCUT2D eigenvalue weighted by Gasteiger charge is -2.37. The van der Waals surface area contributed by atoms with Crippen LogP contribution in [-0.4, -0.2) is 131 Å². The first-order valence-corrected chi connectivity index (χ1v) is 18.5. The molecular formula is C41H52N6O7. The highest BCUT2D eigenvalue weighted by Crippen LogP contribution is 2.30. The molecule has 54 heavy (non-hydrogen) atoms. The third kappa shape index (κ3) is 10.5. The zero-order valence-electron chi connectivity index (χ0n) is 31.1. The van der Waals surface area contributed by atoms with Crippen LogP contribution in [0.15, 0.2) is 97.1 Å². The lowest BCUT2D eigenvalue weighted by Crippen LogP contribution is -2.49. The maximum Gasteiger partial charge on any atom is 0.323 e. The van der Waals surface area contributed by atoms with E-state index in [-0.39, 0.29) is 13.2 Å². The highest BCUT2D eigenvalue weighted by molar-refractivity contribution is 6.01. The van der Waals surface area contributed by atoms with Crippen LogP contribution in [0.2, 0.25) is 0 Å². The molecule has 2 heterocycles. The maximum absolute atomic E-state index is 13.2. The summed E-state index contributed by atoms with van der Waals surface area (Å²) in [5.41, 5.74) is 3.08. The van der Waals surface area contributed by atoms with E-state index < -0.39 is 18.2 Å². The van der Waals surface area contributed by atoms with Gasteiger partial charge in [-0.2, -0.15) is 0 Å². The molecule has 0 aromatic heterocycles. The van der Waals surface area contributed by atoms with E-state index >= 15 is 0 Å². The highest BCUT2D eigenvalue weighted by Gasteiger charge is 2.23. The Hall–Kier alpha value is -5.21. The predicted octanol–water partition coefficient (Wildman–Crippen LogP) is 4.47. The second-order valence-corrected chi connectivity index (χ2v) is 13.4. The van der Waals surface area contributed by atoms with Gasteiger partial charge < -0.3 is 49.6 Å². The molecule has 2 atom stereocenters. The van der Waals surface area contributed by atoms with Crippen LogP contribution in [-0.2, 0) is 0 Å². The van der Waals surface area contributed by atoms with Crippen molar-refractivity contribution >= 4 is 28.8 Å². The normalized spacial score (nSPS) is 16.3. The number of amides is 2. The first-order chi connectivity index (χ1) is 26.4. The number of aliphatic hydroxyl groups is 2. The van der Waals surface area contributed by atoms with E-state index in [0.717, 1.165) is 75.2 Å². The summed E-state index contributed by atoms with van der Waals surface area (Å²) in [4.78, 5) is 22.2. The summed E-state index contributed by atoms with van der Waals surface area (Å²) < 4.78 is 23.0. The number of piperazine rings is 2. The van der Waals surface area contributed by atoms with Crippen LogP contribution in [0.1, 0.15) is 0 Å². The monoisotopic (exact) mass is 740 g/mol. The molecule has 13 heteroatoms. The molecule has 0 aliphatic carbocycles. The van der Waals surface area contributed by atoms with Crippen LogP contribution in [0.4, 0.5) is 27.5 Å². The van der Waals surface area contributed by atoms with E-state index in [9.17, 15) is 15.0 Å². The number of nitrogens with one attached hydrogen (secondary N) is 2. The van der Waals surface area contributed by atoms with Gasteiger partial charge in [-0.1, -0.05) is 48.5 Å². The fraction of sp³-hybridized carbons (Fsp3) is 0.390. The summed E-state index contributed by atoms with van der Waals surface area (Å²) in [6, 6.07) is 29.8. The Morgan fingerprint density at radius 2 is 0.907 bits per heavy atom. The number of anilines is 4. The van der Waals surface area contributed by atoms with Crippen LogP contribution >= 0.6 is 0 Å². The summed E-state index contributed by atoms with van der Waals surface area (Å²) in [7, 11) is 3.37. The largest absolute Gasteiger partial charge is 0.495 e. The van der Waals surface area contributed by atoms with Gasteiger partial charge in [0.1, 0.15) is 48.4 Å². The van der Waals surface area contributed by atoms with Crippen LogP contribution in [0, 0.1) is 0 Å². The highest BCUT2D eigenvalue weighted by atomic mass is 16.5. The minimum absolute atomic E-state index is 0.0729. The molecule has 13 nitrogen and oxygen atoms in total. The Kier molecular flexibility index (Phi) is 13.7. The molecule has 6 rings (SSSR count). The standard InChI is InChI=1S/C41H52N6O7/c1-51-39-17-9-5-13-35(39)46-23-19-44(20-24-46)27-31(48)29-53-37-15-7-3-11-33(37)42-41(50)43-34-12-4-8-16-38(34)54-30-32(49)28-45-21-25-47(26-22-45)36-14-6-10-18-40(36)52-2/h3-18,31-32,48-49H,19-30H2,1-2H3,(H2,42,43,50). The molecule has 288 valence electrons. The summed E-state index contributed by atoms with van der Waals surface area (Å²) in [5, 5.41) is 27.4. The number of methoxy groups -OCH3 is 2. The van der Waals surface area contributed by atoms with Crippen LogP contribution < -0.4 is 39.4 Å². The van der Waals surface area contributed by atoms with Gasteiger partial charge in [0.15, 0.2) is 0 Å². The van der Waals surface area contributed by atoms with Gasteiger partial charge in [-0.05, 0) is 48.5 Å². The zero-order valence-corrected chi connectivity index (χ0v) is 31.1. The molecule has 0 spiro atoms. The number of hydrogen-bond donors (Lipinski definition) is 4. The van der Waals surface area contributed by atoms with Gasteiger partial charge in [0.2, 0.25) is 0 Å². The fourth-order valence-corrected chi connectivity index (χ4v) is 6.87. The van der Waals surface area contributed by atoms with E-state index in [4.69, 9.17) is 18.9 Å². The molecule has 2 aliphatic heterocycles. The van der Waals surface area contributed by atoms with E-state index in [1.165, 1.54) is 0 Å². The first-order valence-electron chi connectivity index (χ1n) is 18.5. The molecule has 0 radical (unpaired) electrons. The number of β-amino-alcohol motifs (C(OH)–C–C–N with tert-alkyl or cyclic N) is 2. The third-order valence-corrected chi connectivity index (χ3v) is 9.67. The van der Waals surface area contributed by atoms with Crippen molar-refractivity contribution in [1.29, 1.82) is 0 Å². The van der Waals surface area contributed by atoms with Gasteiger partial charge in [-0.25, -0.2) is 4.79 Å². The lowest BCUT2D eigenvalue weighted by atomic mass is 10.2. The lowest BCUT2D eigenvalue weighted by molar-refractivity contribution is 0.0665. The smallest absolute Gasteiger partial charge is 0.323 e. The van der Waals surface area contributed by atoms with Crippen LogP contribution in [0.25, 0.3) is 0 Å². The van der Waals surface area contributed by atoms with Crippen molar-refractivity contribution < 1.29 is 34.0 Å². The summed E-state index contributed by atoms with van der Waals surface area (Å²) >= 11 is 0. The van der Waals surface area contributed by atoms with Crippen molar-refractivity contribution in [1.82, 2.24) is 9.80 Å². The van der Waals surface area contributed by atoms with E-state index in [1.54, 1.807) is 50.6 Å². The Bertz CT molecular complexity index is 1650. The number of carbonyl (C=O) groups excluding carboxylic acids is 1. The molecule has 2 unspecified atom stereocenters. The van der Waals surface area contributed by atoms with Gasteiger partial charge in [0.25, 0.3) is 0 Å². The number of benzene rings is 4. The summed E-state index contributed by atoms with van der Waals surface area (Å²) in [6.45, 7) is 7.63. The van der Waals surface area contributed by atoms with E-state index in [1.807, 2.05) is 48.5 Å². The second kappa shape index (κ2) is 19.2. The van der Waals surface area contributed by atoms with Crippen molar-refractivity contribution in [2.24, 2.45) is 0 Å². The molecule has 2 aliphatic rings. The molecule has 2 fully saturated rings. The van der Waals surface area contributed by atoms with Crippen LogP contribution in [0.5, 0.6) is 23.0 Å². The molecular weight excluding hydrogens is 688 g/mol. The molecule has 2 saturated heterocycles. The zero-order chi connectivity index (χ0) is 37.7. The number of urea groups is 1. The summed E-state index contributed by atoms with van der Waals surface area (Å²) in [5.74, 6) is 2.61.